The quantitative estimate of drug-likeness (QED) is 0.886. The largest absolute Gasteiger partial charge is 0.374 e. The van der Waals surface area contributed by atoms with Gasteiger partial charge in [-0.1, -0.05) is 0 Å². The first-order chi connectivity index (χ1) is 8.66. The van der Waals surface area contributed by atoms with Crippen molar-refractivity contribution in [2.24, 2.45) is 0 Å². The highest BCUT2D eigenvalue weighted by atomic mass is 32.1. The second-order valence-corrected chi connectivity index (χ2v) is 6.24. The van der Waals surface area contributed by atoms with Crippen LogP contribution in [0.5, 0.6) is 0 Å². The van der Waals surface area contributed by atoms with Crippen molar-refractivity contribution < 1.29 is 4.74 Å². The van der Waals surface area contributed by atoms with Crippen molar-refractivity contribution in [1.29, 1.82) is 0 Å². The van der Waals surface area contributed by atoms with E-state index in [1.807, 2.05) is 11.3 Å². The summed E-state index contributed by atoms with van der Waals surface area (Å²) < 4.78 is 5.81. The highest BCUT2D eigenvalue weighted by molar-refractivity contribution is 7.10. The van der Waals surface area contributed by atoms with Crippen molar-refractivity contribution in [1.82, 2.24) is 10.2 Å². The van der Waals surface area contributed by atoms with Gasteiger partial charge in [0.05, 0.1) is 12.7 Å². The van der Waals surface area contributed by atoms with E-state index >= 15 is 0 Å². The van der Waals surface area contributed by atoms with Gasteiger partial charge in [0.15, 0.2) is 0 Å². The normalized spacial score (nSPS) is 21.7. The van der Waals surface area contributed by atoms with Gasteiger partial charge in [-0.25, -0.2) is 0 Å². The molecular formula is C14H24N2OS. The van der Waals surface area contributed by atoms with Crippen LogP contribution in [-0.2, 0) is 11.3 Å². The second-order valence-electron chi connectivity index (χ2n) is 5.24. The van der Waals surface area contributed by atoms with Crippen molar-refractivity contribution >= 4 is 11.3 Å². The molecule has 0 saturated carbocycles. The molecule has 1 aliphatic rings. The van der Waals surface area contributed by atoms with Gasteiger partial charge in [-0.05, 0) is 37.8 Å². The minimum absolute atomic E-state index is 0.335. The summed E-state index contributed by atoms with van der Waals surface area (Å²) >= 11 is 1.83. The van der Waals surface area contributed by atoms with Crippen LogP contribution in [0.25, 0.3) is 0 Å². The number of aryl methyl sites for hydroxylation is 1. The summed E-state index contributed by atoms with van der Waals surface area (Å²) in [5.74, 6) is 0. The molecule has 2 rings (SSSR count). The Balaban J connectivity index is 1.72. The standard InChI is InChI=1S/C14H24N2OS/c1-11(2)16-5-6-17-13(10-16)8-15-9-14-12(3)4-7-18-14/h4,7,11,13,15H,5-6,8-10H2,1-3H3. The second kappa shape index (κ2) is 6.66. The van der Waals surface area contributed by atoms with Gasteiger partial charge in [0.1, 0.15) is 0 Å². The van der Waals surface area contributed by atoms with Gasteiger partial charge in [0.2, 0.25) is 0 Å². The third-order valence-corrected chi connectivity index (χ3v) is 4.55. The summed E-state index contributed by atoms with van der Waals surface area (Å²) in [6, 6.07) is 2.80. The minimum atomic E-state index is 0.335. The average Bonchev–Trinajstić information content (AvgIpc) is 2.76. The highest BCUT2D eigenvalue weighted by Crippen LogP contribution is 2.15. The maximum absolute atomic E-state index is 5.81. The molecule has 1 unspecified atom stereocenters. The van der Waals surface area contributed by atoms with Gasteiger partial charge < -0.3 is 10.1 Å². The first kappa shape index (κ1) is 14.0. The van der Waals surface area contributed by atoms with Crippen molar-refractivity contribution in [3.8, 4) is 0 Å². The molecule has 0 radical (unpaired) electrons. The van der Waals surface area contributed by atoms with Crippen LogP contribution in [0, 0.1) is 6.92 Å². The number of hydrogen-bond donors (Lipinski definition) is 1. The molecule has 1 aromatic rings. The molecule has 3 nitrogen and oxygen atoms in total. The van der Waals surface area contributed by atoms with Gasteiger partial charge in [0, 0.05) is 37.1 Å². The Labute approximate surface area is 114 Å². The monoisotopic (exact) mass is 268 g/mol. The molecule has 2 heterocycles. The van der Waals surface area contributed by atoms with E-state index in [-0.39, 0.29) is 0 Å². The first-order valence-corrected chi connectivity index (χ1v) is 7.64. The predicted molar refractivity (Wildman–Crippen MR) is 77.2 cm³/mol. The van der Waals surface area contributed by atoms with Gasteiger partial charge in [-0.3, -0.25) is 4.90 Å². The Hall–Kier alpha value is -0.420. The van der Waals surface area contributed by atoms with E-state index < -0.39 is 0 Å². The molecule has 0 aromatic carbocycles. The van der Waals surface area contributed by atoms with E-state index in [9.17, 15) is 0 Å². The third kappa shape index (κ3) is 3.79. The summed E-state index contributed by atoms with van der Waals surface area (Å²) in [6.07, 6.45) is 0.335. The van der Waals surface area contributed by atoms with E-state index in [4.69, 9.17) is 4.74 Å². The number of thiophene rings is 1. The zero-order chi connectivity index (χ0) is 13.0. The molecule has 18 heavy (non-hydrogen) atoms. The van der Waals surface area contributed by atoms with Gasteiger partial charge >= 0.3 is 0 Å². The van der Waals surface area contributed by atoms with E-state index in [0.29, 0.717) is 12.1 Å². The van der Waals surface area contributed by atoms with E-state index in [1.54, 1.807) is 0 Å². The Kier molecular flexibility index (Phi) is 5.18. The maximum Gasteiger partial charge on any atom is 0.0826 e. The summed E-state index contributed by atoms with van der Waals surface area (Å²) in [5.41, 5.74) is 1.39. The molecule has 0 aliphatic carbocycles. The lowest BCUT2D eigenvalue weighted by Crippen LogP contribution is -2.48. The number of nitrogens with zero attached hydrogens (tertiary/aromatic N) is 1. The SMILES string of the molecule is Cc1ccsc1CNCC1CN(C(C)C)CCO1. The van der Waals surface area contributed by atoms with Gasteiger partial charge in [0.25, 0.3) is 0 Å². The summed E-state index contributed by atoms with van der Waals surface area (Å²) in [6.45, 7) is 11.6. The minimum Gasteiger partial charge on any atom is -0.374 e. The summed E-state index contributed by atoms with van der Waals surface area (Å²) in [7, 11) is 0. The number of rotatable bonds is 5. The fourth-order valence-corrected chi connectivity index (χ4v) is 3.14. The summed E-state index contributed by atoms with van der Waals surface area (Å²) in [5, 5.41) is 5.67. The average molecular weight is 268 g/mol. The van der Waals surface area contributed by atoms with Crippen LogP contribution in [0.2, 0.25) is 0 Å². The zero-order valence-corrected chi connectivity index (χ0v) is 12.4. The molecule has 1 fully saturated rings. The molecule has 1 atom stereocenters. The van der Waals surface area contributed by atoms with E-state index in [0.717, 1.165) is 32.8 Å². The van der Waals surface area contributed by atoms with Crippen LogP contribution < -0.4 is 5.32 Å². The van der Waals surface area contributed by atoms with E-state index in [1.165, 1.54) is 10.4 Å². The molecule has 0 amide bonds. The lowest BCUT2D eigenvalue weighted by molar-refractivity contribution is -0.0372. The van der Waals surface area contributed by atoms with Crippen LogP contribution in [0.3, 0.4) is 0 Å². The fraction of sp³-hybridized carbons (Fsp3) is 0.714. The zero-order valence-electron chi connectivity index (χ0n) is 11.6. The summed E-state index contributed by atoms with van der Waals surface area (Å²) in [4.78, 5) is 3.93. The number of hydrogen-bond acceptors (Lipinski definition) is 4. The molecule has 1 N–H and O–H groups in total. The molecule has 102 valence electrons. The fourth-order valence-electron chi connectivity index (χ4n) is 2.27. The third-order valence-electron chi connectivity index (χ3n) is 3.53. The Morgan fingerprint density at radius 3 is 3.06 bits per heavy atom. The topological polar surface area (TPSA) is 24.5 Å². The molecular weight excluding hydrogens is 244 g/mol. The molecule has 1 aromatic heterocycles. The Morgan fingerprint density at radius 1 is 1.56 bits per heavy atom. The van der Waals surface area contributed by atoms with Crippen LogP contribution >= 0.6 is 11.3 Å². The van der Waals surface area contributed by atoms with Crippen molar-refractivity contribution in [2.45, 2.75) is 39.5 Å². The maximum atomic E-state index is 5.81. The van der Waals surface area contributed by atoms with Crippen molar-refractivity contribution in [2.75, 3.05) is 26.2 Å². The number of morpholine rings is 1. The first-order valence-electron chi connectivity index (χ1n) is 6.76. The van der Waals surface area contributed by atoms with Crippen LogP contribution in [-0.4, -0.2) is 43.3 Å². The molecule has 4 heteroatoms. The van der Waals surface area contributed by atoms with Gasteiger partial charge in [-0.15, -0.1) is 11.3 Å². The molecule has 0 bridgehead atoms. The number of nitrogens with one attached hydrogen (secondary N) is 1. The van der Waals surface area contributed by atoms with Crippen LogP contribution in [0.4, 0.5) is 0 Å². The lowest BCUT2D eigenvalue weighted by Gasteiger charge is -2.35. The van der Waals surface area contributed by atoms with Crippen LogP contribution in [0.1, 0.15) is 24.3 Å². The molecule has 1 saturated heterocycles. The van der Waals surface area contributed by atoms with Crippen molar-refractivity contribution in [3.63, 3.8) is 0 Å². The Bertz CT molecular complexity index is 364. The molecule has 1 aliphatic heterocycles. The predicted octanol–water partition coefficient (Wildman–Crippen LogP) is 2.26. The van der Waals surface area contributed by atoms with Crippen LogP contribution in [0.15, 0.2) is 11.4 Å². The lowest BCUT2D eigenvalue weighted by atomic mass is 10.2. The highest BCUT2D eigenvalue weighted by Gasteiger charge is 2.21. The van der Waals surface area contributed by atoms with E-state index in [2.05, 4.69) is 42.4 Å². The van der Waals surface area contributed by atoms with Gasteiger partial charge in [-0.2, -0.15) is 0 Å². The van der Waals surface area contributed by atoms with Crippen molar-refractivity contribution in [3.05, 3.63) is 21.9 Å². The number of ether oxygens (including phenoxy) is 1. The molecule has 0 spiro atoms. The Morgan fingerprint density at radius 2 is 2.39 bits per heavy atom. The smallest absolute Gasteiger partial charge is 0.0826 e.